The molecule has 0 saturated heterocycles. The minimum absolute atomic E-state index is 0.0504. The number of rotatable bonds is 0. The average molecular weight is 199 g/mol. The molecule has 0 aromatic heterocycles. The van der Waals surface area contributed by atoms with Crippen LogP contribution in [0.1, 0.15) is 27.7 Å². The van der Waals surface area contributed by atoms with Gasteiger partial charge in [0.2, 0.25) is 5.90 Å². The standard InChI is InChI=1S/C10H17NO3/c1-9(2,3)10(4)8(13-5)11-6-7(12)14-10/h6H2,1-5H3/t10-/m0/s1. The third kappa shape index (κ3) is 1.61. The van der Waals surface area contributed by atoms with E-state index in [0.29, 0.717) is 5.90 Å². The largest absolute Gasteiger partial charge is 0.481 e. The summed E-state index contributed by atoms with van der Waals surface area (Å²) in [6.45, 7) is 7.83. The topological polar surface area (TPSA) is 47.9 Å². The molecule has 0 unspecified atom stereocenters. The number of carbonyl (C=O) groups is 1. The highest BCUT2D eigenvalue weighted by molar-refractivity contribution is 5.92. The van der Waals surface area contributed by atoms with E-state index >= 15 is 0 Å². The Kier molecular flexibility index (Phi) is 2.56. The molecule has 0 N–H and O–H groups in total. The molecule has 0 aliphatic carbocycles. The Morgan fingerprint density at radius 2 is 2.07 bits per heavy atom. The molecule has 0 saturated carbocycles. The van der Waals surface area contributed by atoms with Crippen molar-refractivity contribution in [3.05, 3.63) is 0 Å². The van der Waals surface area contributed by atoms with Crippen LogP contribution < -0.4 is 0 Å². The summed E-state index contributed by atoms with van der Waals surface area (Å²) in [6.07, 6.45) is 0. The highest BCUT2D eigenvalue weighted by Crippen LogP contribution is 2.36. The Balaban J connectivity index is 3.11. The van der Waals surface area contributed by atoms with Crippen LogP contribution in [-0.4, -0.2) is 31.1 Å². The first-order chi connectivity index (χ1) is 6.31. The Morgan fingerprint density at radius 3 is 2.50 bits per heavy atom. The van der Waals surface area contributed by atoms with Crippen molar-refractivity contribution >= 4 is 11.9 Å². The third-order valence-electron chi connectivity index (χ3n) is 2.70. The van der Waals surface area contributed by atoms with E-state index < -0.39 is 5.60 Å². The predicted molar refractivity (Wildman–Crippen MR) is 53.3 cm³/mol. The van der Waals surface area contributed by atoms with Gasteiger partial charge in [-0.05, 0) is 6.92 Å². The molecule has 4 heteroatoms. The number of carbonyl (C=O) groups excluding carboxylic acids is 1. The molecule has 1 aliphatic rings. The van der Waals surface area contributed by atoms with Crippen molar-refractivity contribution in [2.45, 2.75) is 33.3 Å². The lowest BCUT2D eigenvalue weighted by Crippen LogP contribution is -2.54. The van der Waals surface area contributed by atoms with Gasteiger partial charge in [0.05, 0.1) is 7.11 Å². The van der Waals surface area contributed by atoms with Crippen molar-refractivity contribution in [1.82, 2.24) is 0 Å². The van der Waals surface area contributed by atoms with Gasteiger partial charge < -0.3 is 9.47 Å². The minimum atomic E-state index is -0.767. The van der Waals surface area contributed by atoms with Crippen molar-refractivity contribution in [2.75, 3.05) is 13.7 Å². The van der Waals surface area contributed by atoms with Gasteiger partial charge in [-0.1, -0.05) is 20.8 Å². The first-order valence-corrected chi connectivity index (χ1v) is 4.62. The molecule has 1 aliphatic heterocycles. The second kappa shape index (κ2) is 3.26. The van der Waals surface area contributed by atoms with Crippen LogP contribution >= 0.6 is 0 Å². The van der Waals surface area contributed by atoms with E-state index in [0.717, 1.165) is 0 Å². The van der Waals surface area contributed by atoms with E-state index in [1.165, 1.54) is 0 Å². The highest BCUT2D eigenvalue weighted by atomic mass is 16.6. The maximum absolute atomic E-state index is 11.2. The van der Waals surface area contributed by atoms with Gasteiger partial charge in [0.15, 0.2) is 5.60 Å². The fourth-order valence-electron chi connectivity index (χ4n) is 1.32. The summed E-state index contributed by atoms with van der Waals surface area (Å²) >= 11 is 0. The summed E-state index contributed by atoms with van der Waals surface area (Å²) < 4.78 is 10.5. The quantitative estimate of drug-likeness (QED) is 0.554. The molecule has 0 aromatic rings. The second-order valence-electron chi connectivity index (χ2n) is 4.58. The summed E-state index contributed by atoms with van der Waals surface area (Å²) in [6, 6.07) is 0. The van der Waals surface area contributed by atoms with Gasteiger partial charge in [0.1, 0.15) is 6.54 Å². The first kappa shape index (κ1) is 11.0. The van der Waals surface area contributed by atoms with Crippen molar-refractivity contribution in [3.8, 4) is 0 Å². The Labute approximate surface area is 84.3 Å². The Morgan fingerprint density at radius 1 is 1.50 bits per heavy atom. The minimum Gasteiger partial charge on any atom is -0.481 e. The van der Waals surface area contributed by atoms with Crippen LogP contribution in [-0.2, 0) is 14.3 Å². The Hall–Kier alpha value is -1.06. The SMILES string of the molecule is COC1=NCC(=O)O[C@]1(C)C(C)(C)C. The molecule has 14 heavy (non-hydrogen) atoms. The first-order valence-electron chi connectivity index (χ1n) is 4.62. The maximum Gasteiger partial charge on any atom is 0.328 e. The molecule has 4 nitrogen and oxygen atoms in total. The smallest absolute Gasteiger partial charge is 0.328 e. The fourth-order valence-corrected chi connectivity index (χ4v) is 1.32. The van der Waals surface area contributed by atoms with Gasteiger partial charge >= 0.3 is 5.97 Å². The van der Waals surface area contributed by atoms with E-state index in [4.69, 9.17) is 9.47 Å². The van der Waals surface area contributed by atoms with E-state index in [9.17, 15) is 4.79 Å². The van der Waals surface area contributed by atoms with Crippen molar-refractivity contribution in [3.63, 3.8) is 0 Å². The number of esters is 1. The fraction of sp³-hybridized carbons (Fsp3) is 0.800. The molecule has 0 bridgehead atoms. The molecule has 1 rings (SSSR count). The van der Waals surface area contributed by atoms with Gasteiger partial charge in [-0.3, -0.25) is 4.79 Å². The summed E-state index contributed by atoms with van der Waals surface area (Å²) in [5, 5.41) is 0. The van der Waals surface area contributed by atoms with E-state index in [1.807, 2.05) is 27.7 Å². The van der Waals surface area contributed by atoms with Gasteiger partial charge in [0, 0.05) is 5.41 Å². The Bertz CT molecular complexity index is 278. The molecule has 1 heterocycles. The molecule has 80 valence electrons. The lowest BCUT2D eigenvalue weighted by molar-refractivity contribution is -0.162. The van der Waals surface area contributed by atoms with Crippen LogP contribution in [0.2, 0.25) is 0 Å². The third-order valence-corrected chi connectivity index (χ3v) is 2.70. The predicted octanol–water partition coefficient (Wildman–Crippen LogP) is 1.39. The van der Waals surface area contributed by atoms with Crippen LogP contribution in [0, 0.1) is 5.41 Å². The molecule has 0 spiro atoms. The zero-order valence-electron chi connectivity index (χ0n) is 9.38. The molecular weight excluding hydrogens is 182 g/mol. The van der Waals surface area contributed by atoms with Gasteiger partial charge in [-0.25, -0.2) is 4.99 Å². The highest BCUT2D eigenvalue weighted by Gasteiger charge is 2.49. The normalized spacial score (nSPS) is 28.1. The van der Waals surface area contributed by atoms with Gasteiger partial charge in [0.25, 0.3) is 0 Å². The van der Waals surface area contributed by atoms with E-state index in [-0.39, 0.29) is 17.9 Å². The number of hydrogen-bond acceptors (Lipinski definition) is 4. The maximum atomic E-state index is 11.2. The van der Waals surface area contributed by atoms with Crippen LogP contribution in [0.4, 0.5) is 0 Å². The van der Waals surface area contributed by atoms with Gasteiger partial charge in [-0.15, -0.1) is 0 Å². The summed E-state index contributed by atoms with van der Waals surface area (Å²) in [5.41, 5.74) is -1.00. The number of hydrogen-bond donors (Lipinski definition) is 0. The average Bonchev–Trinajstić information content (AvgIpc) is 2.02. The van der Waals surface area contributed by atoms with Crippen LogP contribution in [0.15, 0.2) is 4.99 Å². The molecule has 0 fully saturated rings. The number of aliphatic imine (C=N–C) groups is 1. The summed E-state index contributed by atoms with van der Waals surface area (Å²) in [7, 11) is 1.54. The molecule has 0 amide bonds. The van der Waals surface area contributed by atoms with Gasteiger partial charge in [-0.2, -0.15) is 0 Å². The van der Waals surface area contributed by atoms with Crippen LogP contribution in [0.25, 0.3) is 0 Å². The monoisotopic (exact) mass is 199 g/mol. The lowest BCUT2D eigenvalue weighted by Gasteiger charge is -2.42. The molecule has 0 radical (unpaired) electrons. The number of methoxy groups -OCH3 is 1. The van der Waals surface area contributed by atoms with Crippen LogP contribution in [0.3, 0.4) is 0 Å². The summed E-state index contributed by atoms with van der Waals surface area (Å²) in [5.74, 6) is 0.188. The molecule has 1 atom stereocenters. The molecule has 0 aromatic carbocycles. The van der Waals surface area contributed by atoms with Crippen molar-refractivity contribution in [2.24, 2.45) is 10.4 Å². The van der Waals surface area contributed by atoms with E-state index in [2.05, 4.69) is 4.99 Å². The summed E-state index contributed by atoms with van der Waals surface area (Å²) in [4.78, 5) is 15.3. The lowest BCUT2D eigenvalue weighted by atomic mass is 9.77. The van der Waals surface area contributed by atoms with Crippen LogP contribution in [0.5, 0.6) is 0 Å². The number of nitrogens with zero attached hydrogens (tertiary/aromatic N) is 1. The van der Waals surface area contributed by atoms with Crippen molar-refractivity contribution in [1.29, 1.82) is 0 Å². The zero-order valence-corrected chi connectivity index (χ0v) is 9.38. The number of cyclic esters (lactones) is 1. The molecular formula is C10H17NO3. The van der Waals surface area contributed by atoms with E-state index in [1.54, 1.807) is 7.11 Å². The number of ether oxygens (including phenoxy) is 2. The second-order valence-corrected chi connectivity index (χ2v) is 4.58. The zero-order chi connectivity index (χ0) is 11.0. The van der Waals surface area contributed by atoms with Crippen molar-refractivity contribution < 1.29 is 14.3 Å².